The van der Waals surface area contributed by atoms with E-state index in [2.05, 4.69) is 20.8 Å². The molecule has 1 saturated heterocycles. The van der Waals surface area contributed by atoms with Crippen LogP contribution in [0.25, 0.3) is 0 Å². The van der Waals surface area contributed by atoms with Crippen molar-refractivity contribution >= 4 is 5.91 Å². The van der Waals surface area contributed by atoms with Gasteiger partial charge in [0.15, 0.2) is 0 Å². The molecule has 2 rings (SSSR count). The number of aryl methyl sites for hydroxylation is 2. The number of piperidine rings is 1. The van der Waals surface area contributed by atoms with Crippen molar-refractivity contribution in [3.63, 3.8) is 0 Å². The molecule has 20 heavy (non-hydrogen) atoms. The number of carbonyl (C=O) groups excluding carboxylic acids is 1. The van der Waals surface area contributed by atoms with E-state index in [1.807, 2.05) is 13.1 Å². The minimum absolute atomic E-state index is 0.0209. The molecule has 0 spiro atoms. The van der Waals surface area contributed by atoms with Crippen molar-refractivity contribution < 1.29 is 9.53 Å². The topological polar surface area (TPSA) is 79.0 Å². The zero-order chi connectivity index (χ0) is 14.2. The van der Waals surface area contributed by atoms with Gasteiger partial charge in [-0.15, -0.1) is 0 Å². The van der Waals surface area contributed by atoms with E-state index in [0.717, 1.165) is 44.5 Å². The van der Waals surface area contributed by atoms with Gasteiger partial charge in [-0.05, 0) is 51.3 Å². The molecule has 0 bridgehead atoms. The quantitative estimate of drug-likeness (QED) is 0.637. The van der Waals surface area contributed by atoms with Crippen LogP contribution in [0.2, 0.25) is 0 Å². The molecule has 1 aliphatic rings. The Labute approximate surface area is 119 Å². The molecule has 0 saturated carbocycles. The lowest BCUT2D eigenvalue weighted by Crippen LogP contribution is -2.36. The second-order valence-corrected chi connectivity index (χ2v) is 5.23. The Bertz CT molecular complexity index is 413. The number of ether oxygens (including phenoxy) is 1. The fourth-order valence-electron chi connectivity index (χ4n) is 2.34. The summed E-state index contributed by atoms with van der Waals surface area (Å²) in [5.74, 6) is -0.0209. The number of H-pyrrole nitrogens is 1. The van der Waals surface area contributed by atoms with E-state index in [1.165, 1.54) is 5.56 Å². The first-order chi connectivity index (χ1) is 9.75. The number of carbonyl (C=O) groups is 1. The minimum atomic E-state index is -0.0209. The third kappa shape index (κ3) is 4.94. The van der Waals surface area contributed by atoms with Gasteiger partial charge in [0, 0.05) is 12.2 Å². The highest BCUT2D eigenvalue weighted by Gasteiger charge is 2.14. The van der Waals surface area contributed by atoms with Gasteiger partial charge in [0.1, 0.15) is 6.61 Å². The van der Waals surface area contributed by atoms with Gasteiger partial charge in [-0.1, -0.05) is 0 Å². The highest BCUT2D eigenvalue weighted by Crippen LogP contribution is 2.07. The van der Waals surface area contributed by atoms with E-state index in [9.17, 15) is 4.79 Å². The first kappa shape index (κ1) is 15.0. The fourth-order valence-corrected chi connectivity index (χ4v) is 2.34. The molecule has 0 atom stereocenters. The maximum absolute atomic E-state index is 11.6. The molecule has 0 aromatic carbocycles. The van der Waals surface area contributed by atoms with Gasteiger partial charge >= 0.3 is 0 Å². The molecular formula is C14H24N4O2. The molecule has 1 fully saturated rings. The number of hydrogen-bond donors (Lipinski definition) is 3. The Morgan fingerprint density at radius 2 is 2.30 bits per heavy atom. The van der Waals surface area contributed by atoms with Gasteiger partial charge in [0.05, 0.1) is 12.3 Å². The molecule has 1 aromatic heterocycles. The summed E-state index contributed by atoms with van der Waals surface area (Å²) in [4.78, 5) is 11.6. The monoisotopic (exact) mass is 280 g/mol. The molecule has 6 heteroatoms. The van der Waals surface area contributed by atoms with Crippen LogP contribution in [-0.4, -0.2) is 48.4 Å². The molecule has 0 aliphatic carbocycles. The highest BCUT2D eigenvalue weighted by atomic mass is 16.5. The Balaban J connectivity index is 1.52. The Morgan fingerprint density at radius 1 is 1.50 bits per heavy atom. The first-order valence-corrected chi connectivity index (χ1v) is 7.33. The van der Waals surface area contributed by atoms with Crippen LogP contribution in [0.15, 0.2) is 6.20 Å². The van der Waals surface area contributed by atoms with Crippen LogP contribution >= 0.6 is 0 Å². The number of aromatic amines is 1. The molecule has 1 amide bonds. The number of rotatable bonds is 7. The van der Waals surface area contributed by atoms with Crippen molar-refractivity contribution in [3.8, 4) is 0 Å². The largest absolute Gasteiger partial charge is 0.368 e. The van der Waals surface area contributed by atoms with Crippen molar-refractivity contribution in [2.75, 3.05) is 26.2 Å². The van der Waals surface area contributed by atoms with Crippen molar-refractivity contribution in [1.29, 1.82) is 0 Å². The summed E-state index contributed by atoms with van der Waals surface area (Å²) >= 11 is 0. The lowest BCUT2D eigenvalue weighted by molar-refractivity contribution is -0.128. The number of amides is 1. The Kier molecular flexibility index (Phi) is 6.01. The summed E-state index contributed by atoms with van der Waals surface area (Å²) < 4.78 is 5.60. The third-order valence-corrected chi connectivity index (χ3v) is 3.62. The van der Waals surface area contributed by atoms with Gasteiger partial charge in [0.2, 0.25) is 5.91 Å². The maximum Gasteiger partial charge on any atom is 0.246 e. The van der Waals surface area contributed by atoms with E-state index in [4.69, 9.17) is 4.74 Å². The normalized spacial score (nSPS) is 16.2. The Morgan fingerprint density at radius 3 is 3.00 bits per heavy atom. The lowest BCUT2D eigenvalue weighted by atomic mass is 10.1. The zero-order valence-electron chi connectivity index (χ0n) is 12.1. The van der Waals surface area contributed by atoms with Gasteiger partial charge < -0.3 is 15.4 Å². The van der Waals surface area contributed by atoms with Crippen LogP contribution < -0.4 is 10.6 Å². The molecule has 112 valence electrons. The van der Waals surface area contributed by atoms with E-state index in [1.54, 1.807) is 0 Å². The lowest BCUT2D eigenvalue weighted by Gasteiger charge is -2.22. The standard InChI is InChI=1S/C14H24N4O2/c1-11-12(9-17-18-11)3-2-6-16-14(19)10-20-13-4-7-15-8-5-13/h9,13,15H,2-8,10H2,1H3,(H,16,19)(H,17,18). The fraction of sp³-hybridized carbons (Fsp3) is 0.714. The van der Waals surface area contributed by atoms with Crippen LogP contribution in [0.1, 0.15) is 30.5 Å². The molecule has 1 aromatic rings. The molecule has 0 radical (unpaired) electrons. The Hall–Kier alpha value is -1.40. The highest BCUT2D eigenvalue weighted by molar-refractivity contribution is 5.77. The van der Waals surface area contributed by atoms with E-state index >= 15 is 0 Å². The minimum Gasteiger partial charge on any atom is -0.368 e. The summed E-state index contributed by atoms with van der Waals surface area (Å²) in [6, 6.07) is 0. The predicted molar refractivity (Wildman–Crippen MR) is 76.5 cm³/mol. The summed E-state index contributed by atoms with van der Waals surface area (Å²) in [7, 11) is 0. The average molecular weight is 280 g/mol. The smallest absolute Gasteiger partial charge is 0.246 e. The van der Waals surface area contributed by atoms with Crippen molar-refractivity contribution in [1.82, 2.24) is 20.8 Å². The van der Waals surface area contributed by atoms with Crippen molar-refractivity contribution in [3.05, 3.63) is 17.5 Å². The summed E-state index contributed by atoms with van der Waals surface area (Å²) in [6.07, 6.45) is 5.91. The first-order valence-electron chi connectivity index (χ1n) is 7.33. The van der Waals surface area contributed by atoms with Crippen LogP contribution in [0, 0.1) is 6.92 Å². The van der Waals surface area contributed by atoms with Gasteiger partial charge in [0.25, 0.3) is 0 Å². The molecule has 2 heterocycles. The summed E-state index contributed by atoms with van der Waals surface area (Å²) in [6.45, 7) is 4.83. The van der Waals surface area contributed by atoms with Gasteiger partial charge in [-0.3, -0.25) is 9.89 Å². The van der Waals surface area contributed by atoms with Crippen LogP contribution in [0.5, 0.6) is 0 Å². The van der Waals surface area contributed by atoms with Crippen LogP contribution in [0.3, 0.4) is 0 Å². The van der Waals surface area contributed by atoms with E-state index in [0.29, 0.717) is 6.54 Å². The number of nitrogens with one attached hydrogen (secondary N) is 3. The zero-order valence-corrected chi connectivity index (χ0v) is 12.1. The van der Waals surface area contributed by atoms with Crippen molar-refractivity contribution in [2.24, 2.45) is 0 Å². The van der Waals surface area contributed by atoms with Crippen LogP contribution in [0.4, 0.5) is 0 Å². The molecule has 3 N–H and O–H groups in total. The second-order valence-electron chi connectivity index (χ2n) is 5.23. The van der Waals surface area contributed by atoms with Crippen LogP contribution in [-0.2, 0) is 16.0 Å². The van der Waals surface area contributed by atoms with E-state index < -0.39 is 0 Å². The molecule has 6 nitrogen and oxygen atoms in total. The molecular weight excluding hydrogens is 256 g/mol. The summed E-state index contributed by atoms with van der Waals surface area (Å²) in [5.41, 5.74) is 2.32. The number of nitrogens with zero attached hydrogens (tertiary/aromatic N) is 1. The SMILES string of the molecule is Cc1[nH]ncc1CCCNC(=O)COC1CCNCC1. The third-order valence-electron chi connectivity index (χ3n) is 3.62. The average Bonchev–Trinajstić information content (AvgIpc) is 2.88. The van der Waals surface area contributed by atoms with Crippen molar-refractivity contribution in [2.45, 2.75) is 38.7 Å². The molecule has 1 aliphatic heterocycles. The van der Waals surface area contributed by atoms with E-state index in [-0.39, 0.29) is 18.6 Å². The maximum atomic E-state index is 11.6. The number of hydrogen-bond acceptors (Lipinski definition) is 4. The summed E-state index contributed by atoms with van der Waals surface area (Å²) in [5, 5.41) is 13.1. The second kappa shape index (κ2) is 8.01. The molecule has 0 unspecified atom stereocenters. The predicted octanol–water partition coefficient (Wildman–Crippen LogP) is 0.536. The van der Waals surface area contributed by atoms with Gasteiger partial charge in [-0.2, -0.15) is 5.10 Å². The number of aromatic nitrogens is 2. The van der Waals surface area contributed by atoms with Gasteiger partial charge in [-0.25, -0.2) is 0 Å².